The Bertz CT molecular complexity index is 2550. The van der Waals surface area contributed by atoms with E-state index in [1.807, 2.05) is 89.2 Å². The number of H-pyrrole nitrogens is 1. The molecule has 2 heterocycles. The number of hydrogen-bond acceptors (Lipinski definition) is 14. The highest BCUT2D eigenvalue weighted by atomic mass is 16.6. The number of nitrogens with one attached hydrogen (secondary N) is 6. The lowest BCUT2D eigenvalue weighted by molar-refractivity contribution is -0.148. The van der Waals surface area contributed by atoms with Crippen molar-refractivity contribution in [1.82, 2.24) is 46.3 Å². The van der Waals surface area contributed by atoms with Gasteiger partial charge >= 0.3 is 0 Å². The van der Waals surface area contributed by atoms with Crippen LogP contribution < -0.4 is 43.0 Å². The first kappa shape index (κ1) is 64.7. The smallest absolute Gasteiger partial charge is 0.245 e. The van der Waals surface area contributed by atoms with Gasteiger partial charge in [-0.3, -0.25) is 43.7 Å². The number of rotatable bonds is 32. The number of likely N-dealkylation sites (N-methyl/N-ethyl adjacent to an activating group) is 3. The minimum atomic E-state index is -1.67. The summed E-state index contributed by atoms with van der Waals surface area (Å²) in [4.78, 5) is 112. The number of benzene rings is 2. The highest BCUT2D eigenvalue weighted by Crippen LogP contribution is 2.33. The van der Waals surface area contributed by atoms with E-state index in [0.29, 0.717) is 61.4 Å². The van der Waals surface area contributed by atoms with Gasteiger partial charge in [0.05, 0.1) is 25.4 Å². The fourth-order valence-electron chi connectivity index (χ4n) is 9.74. The largest absolute Gasteiger partial charge is 0.494 e. The average molecular weight is 1100 g/mol. The molecule has 4 rings (SSSR count). The zero-order chi connectivity index (χ0) is 58.5. The number of aromatic amines is 1. The number of β-amino-alcohol motifs (C(OH)–C–C–N with tert-alkyl or cyclic N) is 1. The summed E-state index contributed by atoms with van der Waals surface area (Å²) >= 11 is 0. The number of amides is 7. The van der Waals surface area contributed by atoms with Crippen LogP contribution in [0, 0.1) is 11.8 Å². The summed E-state index contributed by atoms with van der Waals surface area (Å²) in [5.41, 5.74) is 8.89. The second-order valence-corrected chi connectivity index (χ2v) is 20.8. The number of aliphatic hydroxyl groups is 2. The van der Waals surface area contributed by atoms with Gasteiger partial charge in [0.15, 0.2) is 0 Å². The summed E-state index contributed by atoms with van der Waals surface area (Å²) in [7, 11) is 4.42. The van der Waals surface area contributed by atoms with Crippen LogP contribution in [-0.2, 0) is 44.8 Å². The Morgan fingerprint density at radius 3 is 2.15 bits per heavy atom. The Morgan fingerprint density at radius 1 is 0.861 bits per heavy atom. The molecule has 7 unspecified atom stereocenters. The molecule has 2 aromatic carbocycles. The molecule has 0 aliphatic carbocycles. The molecule has 1 aliphatic rings. The molecule has 1 saturated heterocycles. The van der Waals surface area contributed by atoms with Crippen LogP contribution in [-0.4, -0.2) is 167 Å². The number of fused-ring (bicyclic) bond motifs is 1. The number of hydrogen-bond donors (Lipinski definition) is 10. The standard InChI is InChI=1S/C57H87N11O11/c1-11-13-21-48(57(77)66(9)37(7)51(71)60-8)67(10)55(75)46(30-42-41-18-14-15-19-43(41)62-50(42)38-24-26-40(27-25-38)78-12-2)64-53(73)47(32-69)65-52(72)44(20-16-17-35(5)22-23-36(6)58)63-54(74)49-29-39(70)31-68(49)56(76)45(28-34(3)4)61-33-79-59/h14-15,18-19,22-27,34-35,37,39,44-49,61-62,69-70H,6,11-13,16-17,20-21,28-33,58-59H2,1-5,7-10H3,(H,60,71)(H,63,74)(H,64,73)(H,65,72)/b23-22-/t35-,37?,39-,44?,45?,46?,47?,48?,49?/m1/s1. The summed E-state index contributed by atoms with van der Waals surface area (Å²) < 4.78 is 5.71. The number of aliphatic hydroxyl groups excluding tert-OH is 2. The molecule has 79 heavy (non-hydrogen) atoms. The Morgan fingerprint density at radius 2 is 1.53 bits per heavy atom. The van der Waals surface area contributed by atoms with Gasteiger partial charge in [0.25, 0.3) is 0 Å². The number of para-hydroxylation sites is 1. The van der Waals surface area contributed by atoms with Gasteiger partial charge in [-0.1, -0.05) is 77.8 Å². The number of allylic oxidation sites excluding steroid dienone is 2. The van der Waals surface area contributed by atoms with Crippen molar-refractivity contribution in [2.24, 2.45) is 23.5 Å². The van der Waals surface area contributed by atoms with Crippen LogP contribution in [0.2, 0.25) is 0 Å². The Kier molecular flexibility index (Phi) is 25.9. The van der Waals surface area contributed by atoms with E-state index in [2.05, 4.69) is 43.0 Å². The molecule has 7 amide bonds. The van der Waals surface area contributed by atoms with Crippen LogP contribution in [0.3, 0.4) is 0 Å². The highest BCUT2D eigenvalue weighted by Gasteiger charge is 2.43. The van der Waals surface area contributed by atoms with Gasteiger partial charge in [0.1, 0.15) is 48.7 Å². The van der Waals surface area contributed by atoms with Crippen molar-refractivity contribution in [3.8, 4) is 17.0 Å². The number of carbonyl (C=O) groups excluding carboxylic acids is 7. The average Bonchev–Trinajstić information content (AvgIpc) is 4.18. The lowest BCUT2D eigenvalue weighted by Crippen LogP contribution is -2.61. The third-order valence-electron chi connectivity index (χ3n) is 14.3. The SMILES string of the molecule is C=C(N)/C=C\[C@H](C)CCCC(NC(=O)C1C[C@@H](O)CN1C(=O)C(CC(C)C)NCON)C(=O)NC(CO)C(=O)NC(Cc1c(-c2ccc(OCC)cc2)[nH]c2ccccc12)C(=O)N(C)C(CCCC)C(=O)N(C)C(C)C(=O)NC. The molecule has 0 radical (unpaired) electrons. The number of nitrogens with zero attached hydrogens (tertiary/aromatic N) is 3. The minimum absolute atomic E-state index is 0.0205. The zero-order valence-electron chi connectivity index (χ0n) is 47.5. The molecule has 0 bridgehead atoms. The van der Waals surface area contributed by atoms with Gasteiger partial charge in [-0.05, 0) is 98.9 Å². The quantitative estimate of drug-likeness (QED) is 0.0244. The first-order valence-corrected chi connectivity index (χ1v) is 27.4. The van der Waals surface area contributed by atoms with E-state index in [0.717, 1.165) is 16.5 Å². The summed E-state index contributed by atoms with van der Waals surface area (Å²) in [5, 5.41) is 36.2. The molecule has 0 spiro atoms. The summed E-state index contributed by atoms with van der Waals surface area (Å²) in [6.07, 6.45) is 5.03. The van der Waals surface area contributed by atoms with Gasteiger partial charge in [-0.2, -0.15) is 0 Å². The second kappa shape index (κ2) is 31.7. The van der Waals surface area contributed by atoms with Crippen molar-refractivity contribution in [1.29, 1.82) is 0 Å². The highest BCUT2D eigenvalue weighted by molar-refractivity contribution is 5.98. The van der Waals surface area contributed by atoms with E-state index in [9.17, 15) is 39.0 Å². The van der Waals surface area contributed by atoms with E-state index in [4.69, 9.17) is 16.4 Å². The molecular weight excluding hydrogens is 1010 g/mol. The zero-order valence-corrected chi connectivity index (χ0v) is 47.5. The molecule has 3 aromatic rings. The van der Waals surface area contributed by atoms with Crippen molar-refractivity contribution in [2.45, 2.75) is 148 Å². The number of nitrogens with two attached hydrogens (primary N) is 2. The topological polar surface area (TPSA) is 316 Å². The van der Waals surface area contributed by atoms with Crippen LogP contribution in [0.5, 0.6) is 5.75 Å². The summed E-state index contributed by atoms with van der Waals surface area (Å²) in [6.45, 7) is 14.1. The maximum Gasteiger partial charge on any atom is 0.245 e. The van der Waals surface area contributed by atoms with Crippen LogP contribution in [0.25, 0.3) is 22.2 Å². The maximum absolute atomic E-state index is 15.2. The van der Waals surface area contributed by atoms with Crippen LogP contribution in [0.1, 0.15) is 98.5 Å². The molecule has 1 aromatic heterocycles. The van der Waals surface area contributed by atoms with Gasteiger partial charge < -0.3 is 61.6 Å². The normalized spacial score (nSPS) is 17.1. The summed E-state index contributed by atoms with van der Waals surface area (Å²) in [5.74, 6) is 1.39. The first-order chi connectivity index (χ1) is 37.6. The van der Waals surface area contributed by atoms with Crippen LogP contribution in [0.15, 0.2) is 73.0 Å². The van der Waals surface area contributed by atoms with E-state index in [1.54, 1.807) is 13.0 Å². The lowest BCUT2D eigenvalue weighted by Gasteiger charge is -2.35. The Labute approximate surface area is 464 Å². The number of ether oxygens (including phenoxy) is 1. The van der Waals surface area contributed by atoms with Crippen molar-refractivity contribution in [2.75, 3.05) is 47.6 Å². The molecule has 0 saturated carbocycles. The maximum atomic E-state index is 15.2. The minimum Gasteiger partial charge on any atom is -0.494 e. The van der Waals surface area contributed by atoms with Crippen molar-refractivity contribution >= 4 is 52.3 Å². The van der Waals surface area contributed by atoms with Crippen molar-refractivity contribution in [3.05, 3.63) is 78.5 Å². The third kappa shape index (κ3) is 18.4. The van der Waals surface area contributed by atoms with Gasteiger partial charge in [-0.25, -0.2) is 5.90 Å². The van der Waals surface area contributed by atoms with Crippen molar-refractivity contribution < 1.29 is 53.3 Å². The van der Waals surface area contributed by atoms with Crippen LogP contribution >= 0.6 is 0 Å². The Balaban J connectivity index is 1.75. The summed E-state index contributed by atoms with van der Waals surface area (Å²) in [6, 6.07) is 6.52. The fraction of sp³-hybridized carbons (Fsp3) is 0.561. The molecule has 1 fully saturated rings. The van der Waals surface area contributed by atoms with Gasteiger partial charge in [0.2, 0.25) is 41.4 Å². The molecule has 22 heteroatoms. The second-order valence-electron chi connectivity index (χ2n) is 20.8. The van der Waals surface area contributed by atoms with E-state index in [-0.39, 0.29) is 50.8 Å². The lowest BCUT2D eigenvalue weighted by atomic mass is 9.96. The fourth-order valence-corrected chi connectivity index (χ4v) is 9.74. The number of aromatic nitrogens is 1. The van der Waals surface area contributed by atoms with Crippen LogP contribution in [0.4, 0.5) is 0 Å². The molecule has 12 N–H and O–H groups in total. The van der Waals surface area contributed by atoms with E-state index in [1.165, 1.54) is 35.8 Å². The number of carbonyl (C=O) groups is 7. The molecule has 1 aliphatic heterocycles. The van der Waals surface area contributed by atoms with Crippen molar-refractivity contribution in [3.63, 3.8) is 0 Å². The predicted octanol–water partition coefficient (Wildman–Crippen LogP) is 2.48. The van der Waals surface area contributed by atoms with Gasteiger partial charge in [0, 0.05) is 62.8 Å². The number of likely N-dealkylation sites (tertiary alicyclic amines) is 1. The molecule has 22 nitrogen and oxygen atoms in total. The molecule has 436 valence electrons. The molecule has 9 atom stereocenters. The number of unbranched alkanes of at least 4 members (excludes halogenated alkanes) is 1. The third-order valence-corrected chi connectivity index (χ3v) is 14.3. The first-order valence-electron chi connectivity index (χ1n) is 27.4. The van der Waals surface area contributed by atoms with Gasteiger partial charge in [-0.15, -0.1) is 0 Å². The van der Waals surface area contributed by atoms with E-state index >= 15 is 4.79 Å². The van der Waals surface area contributed by atoms with E-state index < -0.39 is 96.4 Å². The monoisotopic (exact) mass is 1100 g/mol. The Hall–Kier alpha value is -6.85. The molecular formula is C57H87N11O11. The predicted molar refractivity (Wildman–Crippen MR) is 302 cm³/mol.